The molecule has 0 aromatic carbocycles. The van der Waals surface area contributed by atoms with E-state index in [1.54, 1.807) is 11.8 Å². The van der Waals surface area contributed by atoms with E-state index in [4.69, 9.17) is 4.74 Å². The summed E-state index contributed by atoms with van der Waals surface area (Å²) in [5, 5.41) is 1.14. The van der Waals surface area contributed by atoms with Crippen molar-refractivity contribution in [3.63, 3.8) is 0 Å². The second kappa shape index (κ2) is 6.04. The number of ether oxygens (including phenoxy) is 1. The molecule has 1 aliphatic rings. The van der Waals surface area contributed by atoms with Crippen molar-refractivity contribution in [2.75, 3.05) is 23.8 Å². The molecule has 0 bridgehead atoms. The van der Waals surface area contributed by atoms with Gasteiger partial charge in [-0.05, 0) is 25.5 Å². The molecule has 2 aromatic rings. The van der Waals surface area contributed by atoms with E-state index in [1.165, 1.54) is 5.56 Å². The van der Waals surface area contributed by atoms with Gasteiger partial charge in [-0.3, -0.25) is 0 Å². The van der Waals surface area contributed by atoms with E-state index >= 15 is 0 Å². The predicted molar refractivity (Wildman–Crippen MR) is 90.0 cm³/mol. The topological polar surface area (TPSA) is 47.4 Å². The molecule has 2 aromatic heterocycles. The van der Waals surface area contributed by atoms with Crippen LogP contribution < -0.4 is 4.90 Å². The van der Waals surface area contributed by atoms with Crippen LogP contribution in [-0.4, -0.2) is 34.4 Å². The van der Waals surface area contributed by atoms with Crippen molar-refractivity contribution >= 4 is 34.5 Å². The maximum Gasteiger partial charge on any atom is 0.346 e. The molecular formula is C16H19N3O2S. The lowest BCUT2D eigenvalue weighted by atomic mass is 10.2. The Balaban J connectivity index is 2.04. The van der Waals surface area contributed by atoms with Gasteiger partial charge < -0.3 is 14.2 Å². The average molecular weight is 317 g/mol. The highest BCUT2D eigenvalue weighted by atomic mass is 32.2. The Bertz CT molecular complexity index is 751. The fourth-order valence-corrected chi connectivity index (χ4v) is 3.63. The van der Waals surface area contributed by atoms with Gasteiger partial charge in [0.2, 0.25) is 0 Å². The largest absolute Gasteiger partial charge is 0.462 e. The number of nitrogens with zero attached hydrogens (tertiary/aromatic N) is 3. The quantitative estimate of drug-likeness (QED) is 0.815. The number of rotatable bonds is 3. The SMILES string of the molecule is CCOC(=O)C1=CN(c2ccnc3c2c(C)cn3C)CCS1. The molecule has 0 aliphatic carbocycles. The number of hydrogen-bond acceptors (Lipinski definition) is 5. The lowest BCUT2D eigenvalue weighted by Crippen LogP contribution is -2.26. The minimum absolute atomic E-state index is 0.243. The summed E-state index contributed by atoms with van der Waals surface area (Å²) < 4.78 is 7.14. The number of anilines is 1. The Kier molecular flexibility index (Phi) is 4.11. The Hall–Kier alpha value is -1.95. The van der Waals surface area contributed by atoms with Gasteiger partial charge in [-0.25, -0.2) is 9.78 Å². The molecule has 0 N–H and O–H groups in total. The van der Waals surface area contributed by atoms with Crippen LogP contribution in [0.5, 0.6) is 0 Å². The number of carbonyl (C=O) groups is 1. The highest BCUT2D eigenvalue weighted by molar-refractivity contribution is 8.04. The van der Waals surface area contributed by atoms with E-state index in [0.717, 1.165) is 29.0 Å². The summed E-state index contributed by atoms with van der Waals surface area (Å²) in [4.78, 5) is 19.2. The van der Waals surface area contributed by atoms with Crippen LogP contribution in [0.15, 0.2) is 29.6 Å². The second-order valence-corrected chi connectivity index (χ2v) is 6.34. The zero-order valence-electron chi connectivity index (χ0n) is 13.0. The summed E-state index contributed by atoms with van der Waals surface area (Å²) in [6.45, 7) is 5.17. The van der Waals surface area contributed by atoms with Gasteiger partial charge in [0.05, 0.1) is 12.3 Å². The molecule has 0 fully saturated rings. The molecule has 1 aliphatic heterocycles. The Morgan fingerprint density at radius 2 is 2.32 bits per heavy atom. The third-order valence-electron chi connectivity index (χ3n) is 3.67. The fourth-order valence-electron chi connectivity index (χ4n) is 2.74. The third kappa shape index (κ3) is 2.59. The number of aromatic nitrogens is 2. The molecule has 0 atom stereocenters. The van der Waals surface area contributed by atoms with Crippen molar-refractivity contribution in [2.45, 2.75) is 13.8 Å². The fraction of sp³-hybridized carbons (Fsp3) is 0.375. The summed E-state index contributed by atoms with van der Waals surface area (Å²) in [7, 11) is 2.00. The molecule has 5 nitrogen and oxygen atoms in total. The van der Waals surface area contributed by atoms with Crippen molar-refractivity contribution in [1.29, 1.82) is 0 Å². The predicted octanol–water partition coefficient (Wildman–Crippen LogP) is 2.84. The molecule has 116 valence electrons. The number of carbonyl (C=O) groups excluding carboxylic acids is 1. The number of esters is 1. The van der Waals surface area contributed by atoms with Gasteiger partial charge in [-0.2, -0.15) is 0 Å². The number of hydrogen-bond donors (Lipinski definition) is 0. The van der Waals surface area contributed by atoms with Crippen molar-refractivity contribution in [3.8, 4) is 0 Å². The first-order valence-corrected chi connectivity index (χ1v) is 8.29. The molecule has 0 saturated heterocycles. The van der Waals surface area contributed by atoms with E-state index in [0.29, 0.717) is 11.5 Å². The molecule has 6 heteroatoms. The van der Waals surface area contributed by atoms with E-state index in [-0.39, 0.29) is 5.97 Å². The van der Waals surface area contributed by atoms with E-state index < -0.39 is 0 Å². The van der Waals surface area contributed by atoms with Crippen LogP contribution >= 0.6 is 11.8 Å². The highest BCUT2D eigenvalue weighted by Gasteiger charge is 2.21. The molecule has 3 heterocycles. The van der Waals surface area contributed by atoms with Crippen molar-refractivity contribution in [3.05, 3.63) is 35.1 Å². The first-order chi connectivity index (χ1) is 10.6. The van der Waals surface area contributed by atoms with E-state index in [2.05, 4.69) is 23.0 Å². The number of fused-ring (bicyclic) bond motifs is 1. The average Bonchev–Trinajstić information content (AvgIpc) is 2.83. The highest BCUT2D eigenvalue weighted by Crippen LogP contribution is 2.33. The molecule has 0 unspecified atom stereocenters. The van der Waals surface area contributed by atoms with Crippen LogP contribution in [0.1, 0.15) is 12.5 Å². The van der Waals surface area contributed by atoms with Gasteiger partial charge in [-0.15, -0.1) is 11.8 Å². The zero-order valence-corrected chi connectivity index (χ0v) is 13.8. The number of pyridine rings is 1. The summed E-state index contributed by atoms with van der Waals surface area (Å²) in [5.41, 5.74) is 3.23. The summed E-state index contributed by atoms with van der Waals surface area (Å²) in [5.74, 6) is 0.618. The van der Waals surface area contributed by atoms with Crippen molar-refractivity contribution in [2.24, 2.45) is 7.05 Å². The zero-order chi connectivity index (χ0) is 15.7. The summed E-state index contributed by atoms with van der Waals surface area (Å²) >= 11 is 1.55. The molecule has 0 radical (unpaired) electrons. The van der Waals surface area contributed by atoms with Crippen LogP contribution in [-0.2, 0) is 16.6 Å². The maximum absolute atomic E-state index is 12.0. The second-order valence-electron chi connectivity index (χ2n) is 5.21. The molecule has 0 spiro atoms. The van der Waals surface area contributed by atoms with Crippen LogP contribution in [0.4, 0.5) is 5.69 Å². The van der Waals surface area contributed by atoms with Crippen LogP contribution in [0, 0.1) is 6.92 Å². The minimum atomic E-state index is -0.243. The van der Waals surface area contributed by atoms with Gasteiger partial charge in [0, 0.05) is 43.3 Å². The van der Waals surface area contributed by atoms with Crippen LogP contribution in [0.25, 0.3) is 11.0 Å². The standard InChI is InChI=1S/C16H19N3O2S/c1-4-21-16(20)13-10-19(7-8-22-13)12-5-6-17-15-14(12)11(2)9-18(15)3/h5-6,9-10H,4,7-8H2,1-3H3. The Morgan fingerprint density at radius 1 is 1.50 bits per heavy atom. The van der Waals surface area contributed by atoms with Gasteiger partial charge in [0.25, 0.3) is 0 Å². The first-order valence-electron chi connectivity index (χ1n) is 7.31. The summed E-state index contributed by atoms with van der Waals surface area (Å²) in [6, 6.07) is 2.00. The van der Waals surface area contributed by atoms with Crippen LogP contribution in [0.3, 0.4) is 0 Å². The first kappa shape index (κ1) is 15.0. The smallest absolute Gasteiger partial charge is 0.346 e. The van der Waals surface area contributed by atoms with Crippen LogP contribution in [0.2, 0.25) is 0 Å². The molecule has 3 rings (SSSR count). The third-order valence-corrected chi connectivity index (χ3v) is 4.64. The number of aryl methyl sites for hydroxylation is 2. The van der Waals surface area contributed by atoms with Crippen molar-refractivity contribution < 1.29 is 9.53 Å². The Labute approximate surface area is 133 Å². The lowest BCUT2D eigenvalue weighted by Gasteiger charge is -2.26. The Morgan fingerprint density at radius 3 is 3.09 bits per heavy atom. The molecule has 22 heavy (non-hydrogen) atoms. The normalized spacial score (nSPS) is 15.0. The van der Waals surface area contributed by atoms with Gasteiger partial charge in [0.1, 0.15) is 10.6 Å². The van der Waals surface area contributed by atoms with E-state index in [1.807, 2.05) is 37.0 Å². The molecule has 0 saturated carbocycles. The van der Waals surface area contributed by atoms with Gasteiger partial charge in [-0.1, -0.05) is 0 Å². The van der Waals surface area contributed by atoms with Gasteiger partial charge >= 0.3 is 5.97 Å². The van der Waals surface area contributed by atoms with Gasteiger partial charge in [0.15, 0.2) is 0 Å². The maximum atomic E-state index is 12.0. The number of thioether (sulfide) groups is 1. The summed E-state index contributed by atoms with van der Waals surface area (Å²) in [6.07, 6.45) is 5.79. The van der Waals surface area contributed by atoms with E-state index in [9.17, 15) is 4.79 Å². The molecular weight excluding hydrogens is 298 g/mol. The minimum Gasteiger partial charge on any atom is -0.462 e. The monoisotopic (exact) mass is 317 g/mol. The molecule has 0 amide bonds. The van der Waals surface area contributed by atoms with Crippen molar-refractivity contribution in [1.82, 2.24) is 9.55 Å². The lowest BCUT2D eigenvalue weighted by molar-refractivity contribution is -0.137.